The third kappa shape index (κ3) is 2.67. The number of anilines is 1. The monoisotopic (exact) mass is 295 g/mol. The van der Waals surface area contributed by atoms with Crippen molar-refractivity contribution >= 4 is 22.4 Å². The molecular formula is C14H21N3O2S. The second-order valence-electron chi connectivity index (χ2n) is 6.09. The molecule has 0 bridgehead atoms. The van der Waals surface area contributed by atoms with E-state index in [4.69, 9.17) is 4.74 Å². The van der Waals surface area contributed by atoms with E-state index >= 15 is 0 Å². The fourth-order valence-electron chi connectivity index (χ4n) is 2.56. The molecule has 1 amide bonds. The Morgan fingerprint density at radius 2 is 2.15 bits per heavy atom. The molecule has 0 aliphatic carbocycles. The Hall–Kier alpha value is -1.14. The molecule has 2 aliphatic rings. The van der Waals surface area contributed by atoms with E-state index in [1.807, 2.05) is 6.92 Å². The maximum Gasteiger partial charge on any atom is 0.263 e. The van der Waals surface area contributed by atoms with Crippen LogP contribution in [0.15, 0.2) is 0 Å². The number of thiazole rings is 1. The van der Waals surface area contributed by atoms with Crippen LogP contribution in [0.3, 0.4) is 0 Å². The molecule has 2 aliphatic heterocycles. The van der Waals surface area contributed by atoms with Crippen molar-refractivity contribution < 1.29 is 9.53 Å². The first-order valence-corrected chi connectivity index (χ1v) is 7.97. The van der Waals surface area contributed by atoms with E-state index in [-0.39, 0.29) is 11.3 Å². The lowest BCUT2D eigenvalue weighted by Crippen LogP contribution is -2.48. The van der Waals surface area contributed by atoms with E-state index in [0.29, 0.717) is 6.54 Å². The average Bonchev–Trinajstić information content (AvgIpc) is 3.02. The van der Waals surface area contributed by atoms with Crippen molar-refractivity contribution in [3.8, 4) is 0 Å². The summed E-state index contributed by atoms with van der Waals surface area (Å²) in [7, 11) is 0. The molecule has 0 aromatic carbocycles. The second kappa shape index (κ2) is 5.33. The summed E-state index contributed by atoms with van der Waals surface area (Å²) in [5, 5.41) is 4.01. The Morgan fingerprint density at radius 1 is 1.45 bits per heavy atom. The zero-order valence-electron chi connectivity index (χ0n) is 12.1. The van der Waals surface area contributed by atoms with Gasteiger partial charge in [-0.2, -0.15) is 0 Å². The van der Waals surface area contributed by atoms with Gasteiger partial charge in [-0.05, 0) is 19.8 Å². The van der Waals surface area contributed by atoms with Crippen LogP contribution in [-0.2, 0) is 4.74 Å². The number of nitrogens with zero attached hydrogens (tertiary/aromatic N) is 2. The fourth-order valence-corrected chi connectivity index (χ4v) is 3.60. The highest BCUT2D eigenvalue weighted by molar-refractivity contribution is 7.17. The normalized spacial score (nSPS) is 20.8. The average molecular weight is 295 g/mol. The van der Waals surface area contributed by atoms with E-state index in [1.165, 1.54) is 24.2 Å². The van der Waals surface area contributed by atoms with Crippen LogP contribution in [0.25, 0.3) is 0 Å². The number of amides is 1. The molecule has 20 heavy (non-hydrogen) atoms. The number of carbonyl (C=O) groups excluding carboxylic acids is 1. The van der Waals surface area contributed by atoms with E-state index in [1.54, 1.807) is 0 Å². The Bertz CT molecular complexity index is 505. The Morgan fingerprint density at radius 3 is 2.75 bits per heavy atom. The Kier molecular flexibility index (Phi) is 3.69. The van der Waals surface area contributed by atoms with Crippen LogP contribution < -0.4 is 10.2 Å². The second-order valence-corrected chi connectivity index (χ2v) is 7.07. The molecule has 110 valence electrons. The van der Waals surface area contributed by atoms with Crippen molar-refractivity contribution in [2.75, 3.05) is 37.7 Å². The molecule has 5 nitrogen and oxygen atoms in total. The first-order valence-electron chi connectivity index (χ1n) is 7.16. The van der Waals surface area contributed by atoms with E-state index in [9.17, 15) is 4.79 Å². The van der Waals surface area contributed by atoms with Crippen molar-refractivity contribution in [3.05, 3.63) is 10.6 Å². The van der Waals surface area contributed by atoms with Gasteiger partial charge in [-0.3, -0.25) is 4.79 Å². The Labute approximate surface area is 123 Å². The molecule has 1 N–H and O–H groups in total. The third-order valence-corrected chi connectivity index (χ3v) is 5.16. The standard InChI is InChI=1S/C14H21N3O2S/c1-10-11(12(18)15-7-14(2)8-19-9-14)20-13(16-10)17-5-3-4-6-17/h3-9H2,1-2H3,(H,15,18). The smallest absolute Gasteiger partial charge is 0.263 e. The number of aryl methyl sites for hydroxylation is 1. The minimum atomic E-state index is -0.00132. The summed E-state index contributed by atoms with van der Waals surface area (Å²) >= 11 is 1.51. The maximum absolute atomic E-state index is 12.3. The van der Waals surface area contributed by atoms with E-state index in [2.05, 4.69) is 22.1 Å². The molecule has 0 atom stereocenters. The number of nitrogens with one attached hydrogen (secondary N) is 1. The van der Waals surface area contributed by atoms with E-state index in [0.717, 1.165) is 42.0 Å². The molecule has 0 saturated carbocycles. The van der Waals surface area contributed by atoms with Gasteiger partial charge in [-0.25, -0.2) is 4.98 Å². The fraction of sp³-hybridized carbons (Fsp3) is 0.714. The quantitative estimate of drug-likeness (QED) is 0.920. The predicted octanol–water partition coefficient (Wildman–Crippen LogP) is 1.82. The zero-order valence-corrected chi connectivity index (χ0v) is 12.9. The topological polar surface area (TPSA) is 54.5 Å². The van der Waals surface area contributed by atoms with Gasteiger partial charge in [-0.15, -0.1) is 0 Å². The lowest BCUT2D eigenvalue weighted by Gasteiger charge is -2.37. The summed E-state index contributed by atoms with van der Waals surface area (Å²) in [6.45, 7) is 8.29. The van der Waals surface area contributed by atoms with Crippen LogP contribution in [0, 0.1) is 12.3 Å². The highest BCUT2D eigenvalue weighted by Gasteiger charge is 2.34. The van der Waals surface area contributed by atoms with Crippen LogP contribution >= 0.6 is 11.3 Å². The zero-order chi connectivity index (χ0) is 14.2. The van der Waals surface area contributed by atoms with Gasteiger partial charge in [0.15, 0.2) is 5.13 Å². The summed E-state index contributed by atoms with van der Waals surface area (Å²) in [5.41, 5.74) is 0.941. The number of aromatic nitrogens is 1. The lowest BCUT2D eigenvalue weighted by molar-refractivity contribution is -0.0978. The van der Waals surface area contributed by atoms with Crippen molar-refractivity contribution in [1.29, 1.82) is 0 Å². The maximum atomic E-state index is 12.3. The van der Waals surface area contributed by atoms with Crippen molar-refractivity contribution in [2.45, 2.75) is 26.7 Å². The number of hydrogen-bond donors (Lipinski definition) is 1. The minimum absolute atomic E-state index is 0.00132. The van der Waals surface area contributed by atoms with Gasteiger partial charge in [0, 0.05) is 25.0 Å². The molecular weight excluding hydrogens is 274 g/mol. The van der Waals surface area contributed by atoms with Crippen LogP contribution in [0.4, 0.5) is 5.13 Å². The summed E-state index contributed by atoms with van der Waals surface area (Å²) < 4.78 is 5.20. The molecule has 6 heteroatoms. The summed E-state index contributed by atoms with van der Waals surface area (Å²) in [5.74, 6) is -0.00132. The largest absolute Gasteiger partial charge is 0.380 e. The molecule has 2 fully saturated rings. The molecule has 2 saturated heterocycles. The Balaban J connectivity index is 1.64. The van der Waals surface area contributed by atoms with Crippen molar-refractivity contribution in [1.82, 2.24) is 10.3 Å². The summed E-state index contributed by atoms with van der Waals surface area (Å²) in [6, 6.07) is 0. The molecule has 0 radical (unpaired) electrons. The number of ether oxygens (including phenoxy) is 1. The lowest BCUT2D eigenvalue weighted by atomic mass is 9.89. The molecule has 0 unspecified atom stereocenters. The molecule has 0 spiro atoms. The van der Waals surface area contributed by atoms with Crippen LogP contribution in [0.1, 0.15) is 35.1 Å². The number of hydrogen-bond acceptors (Lipinski definition) is 5. The summed E-state index contributed by atoms with van der Waals surface area (Å²) in [6.07, 6.45) is 2.44. The van der Waals surface area contributed by atoms with Gasteiger partial charge < -0.3 is 15.0 Å². The minimum Gasteiger partial charge on any atom is -0.380 e. The van der Waals surface area contributed by atoms with Crippen LogP contribution in [0.2, 0.25) is 0 Å². The van der Waals surface area contributed by atoms with Gasteiger partial charge in [0.05, 0.1) is 18.9 Å². The van der Waals surface area contributed by atoms with Crippen molar-refractivity contribution in [2.24, 2.45) is 5.41 Å². The summed E-state index contributed by atoms with van der Waals surface area (Å²) in [4.78, 5) is 19.9. The molecule has 1 aromatic heterocycles. The van der Waals surface area contributed by atoms with E-state index < -0.39 is 0 Å². The van der Waals surface area contributed by atoms with Crippen molar-refractivity contribution in [3.63, 3.8) is 0 Å². The highest BCUT2D eigenvalue weighted by atomic mass is 32.1. The predicted molar refractivity (Wildman–Crippen MR) is 79.6 cm³/mol. The van der Waals surface area contributed by atoms with Gasteiger partial charge >= 0.3 is 0 Å². The highest BCUT2D eigenvalue weighted by Crippen LogP contribution is 2.29. The first-order chi connectivity index (χ1) is 9.57. The van der Waals surface area contributed by atoms with Gasteiger partial charge in [0.1, 0.15) is 4.88 Å². The molecule has 1 aromatic rings. The first kappa shape index (κ1) is 13.8. The van der Waals surface area contributed by atoms with Gasteiger partial charge in [-0.1, -0.05) is 18.3 Å². The number of carbonyl (C=O) groups is 1. The molecule has 3 rings (SSSR count). The molecule has 3 heterocycles. The SMILES string of the molecule is Cc1nc(N2CCCC2)sc1C(=O)NCC1(C)COC1. The number of rotatable bonds is 4. The van der Waals surface area contributed by atoms with Crippen LogP contribution in [-0.4, -0.2) is 43.7 Å². The van der Waals surface area contributed by atoms with Crippen LogP contribution in [0.5, 0.6) is 0 Å². The van der Waals surface area contributed by atoms with Gasteiger partial charge in [0.25, 0.3) is 5.91 Å². The van der Waals surface area contributed by atoms with Gasteiger partial charge in [0.2, 0.25) is 0 Å². The third-order valence-electron chi connectivity index (χ3n) is 3.94.